The SMILES string of the molecule is Cc1ccc(N)cc1-c1nc2nc(N)[nH]c(=O)c2[nH]1. The number of hydrogen-bond acceptors (Lipinski definition) is 5. The van der Waals surface area contributed by atoms with Crippen LogP contribution >= 0.6 is 0 Å². The number of nitrogen functional groups attached to an aromatic ring is 2. The van der Waals surface area contributed by atoms with Crippen LogP contribution in [-0.2, 0) is 0 Å². The van der Waals surface area contributed by atoms with E-state index in [0.717, 1.165) is 11.1 Å². The zero-order valence-electron chi connectivity index (χ0n) is 10.2. The Labute approximate surface area is 107 Å². The molecule has 2 aromatic heterocycles. The molecule has 0 spiro atoms. The Bertz CT molecular complexity index is 832. The molecule has 19 heavy (non-hydrogen) atoms. The molecule has 7 heteroatoms. The summed E-state index contributed by atoms with van der Waals surface area (Å²) in [6.45, 7) is 1.94. The van der Waals surface area contributed by atoms with E-state index in [-0.39, 0.29) is 17.2 Å². The summed E-state index contributed by atoms with van der Waals surface area (Å²) in [6.07, 6.45) is 0. The summed E-state index contributed by atoms with van der Waals surface area (Å²) in [5, 5.41) is 0. The van der Waals surface area contributed by atoms with Crippen molar-refractivity contribution in [2.75, 3.05) is 11.5 Å². The first-order valence-corrected chi connectivity index (χ1v) is 5.66. The summed E-state index contributed by atoms with van der Waals surface area (Å²) < 4.78 is 0. The van der Waals surface area contributed by atoms with E-state index in [1.807, 2.05) is 19.1 Å². The number of benzene rings is 1. The van der Waals surface area contributed by atoms with Gasteiger partial charge in [-0.15, -0.1) is 0 Å². The number of nitrogens with one attached hydrogen (secondary N) is 2. The fourth-order valence-electron chi connectivity index (χ4n) is 1.95. The molecule has 0 saturated heterocycles. The molecule has 0 radical (unpaired) electrons. The Balaban J connectivity index is 2.29. The predicted octanol–water partition coefficient (Wildman–Crippen LogP) is 0.786. The first-order chi connectivity index (χ1) is 9.04. The third-order valence-corrected chi connectivity index (χ3v) is 2.90. The van der Waals surface area contributed by atoms with Crippen molar-refractivity contribution in [2.24, 2.45) is 0 Å². The molecule has 7 nitrogen and oxygen atoms in total. The van der Waals surface area contributed by atoms with E-state index >= 15 is 0 Å². The molecule has 0 fully saturated rings. The largest absolute Gasteiger partial charge is 0.399 e. The number of nitrogens with two attached hydrogens (primary N) is 2. The first kappa shape index (κ1) is 11.3. The first-order valence-electron chi connectivity index (χ1n) is 5.66. The molecular weight excluding hydrogens is 244 g/mol. The van der Waals surface area contributed by atoms with Crippen LogP contribution in [0.5, 0.6) is 0 Å². The second-order valence-electron chi connectivity index (χ2n) is 4.31. The Kier molecular flexibility index (Phi) is 2.28. The van der Waals surface area contributed by atoms with Gasteiger partial charge in [0, 0.05) is 11.3 Å². The Morgan fingerprint density at radius 2 is 1.95 bits per heavy atom. The van der Waals surface area contributed by atoms with Crippen molar-refractivity contribution < 1.29 is 0 Å². The minimum Gasteiger partial charge on any atom is -0.399 e. The van der Waals surface area contributed by atoms with Crippen molar-refractivity contribution in [2.45, 2.75) is 6.92 Å². The maximum Gasteiger partial charge on any atom is 0.278 e. The van der Waals surface area contributed by atoms with Crippen LogP contribution in [0.2, 0.25) is 0 Å². The highest BCUT2D eigenvalue weighted by Gasteiger charge is 2.12. The van der Waals surface area contributed by atoms with Gasteiger partial charge in [0.15, 0.2) is 11.2 Å². The van der Waals surface area contributed by atoms with Crippen molar-refractivity contribution in [1.29, 1.82) is 0 Å². The van der Waals surface area contributed by atoms with Gasteiger partial charge < -0.3 is 16.5 Å². The van der Waals surface area contributed by atoms with E-state index in [4.69, 9.17) is 11.5 Å². The third kappa shape index (κ3) is 1.81. The van der Waals surface area contributed by atoms with Crippen molar-refractivity contribution in [1.82, 2.24) is 19.9 Å². The van der Waals surface area contributed by atoms with Gasteiger partial charge in [0.1, 0.15) is 5.82 Å². The maximum absolute atomic E-state index is 11.7. The van der Waals surface area contributed by atoms with Crippen molar-refractivity contribution in [3.05, 3.63) is 34.1 Å². The molecule has 1 aromatic carbocycles. The standard InChI is InChI=1S/C12H12N6O/c1-5-2-3-6(13)4-7(5)9-15-8-10(16-9)17-12(14)18-11(8)19/h2-4H,13H2,1H3,(H4,14,15,16,17,18,19). The molecule has 0 unspecified atom stereocenters. The lowest BCUT2D eigenvalue weighted by molar-refractivity contribution is 1.17. The van der Waals surface area contributed by atoms with Gasteiger partial charge in [-0.2, -0.15) is 4.98 Å². The highest BCUT2D eigenvalue weighted by molar-refractivity contribution is 5.77. The predicted molar refractivity (Wildman–Crippen MR) is 73.5 cm³/mol. The fraction of sp³-hybridized carbons (Fsp3) is 0.0833. The molecular formula is C12H12N6O. The average molecular weight is 256 g/mol. The maximum atomic E-state index is 11.7. The van der Waals surface area contributed by atoms with E-state index in [1.165, 1.54) is 0 Å². The summed E-state index contributed by atoms with van der Waals surface area (Å²) in [6, 6.07) is 5.50. The molecule has 96 valence electrons. The molecule has 3 aromatic rings. The van der Waals surface area contributed by atoms with Crippen LogP contribution in [-0.4, -0.2) is 19.9 Å². The molecule has 0 bridgehead atoms. The van der Waals surface area contributed by atoms with Gasteiger partial charge in [-0.3, -0.25) is 9.78 Å². The van der Waals surface area contributed by atoms with Gasteiger partial charge in [-0.05, 0) is 24.6 Å². The molecule has 0 amide bonds. The fourth-order valence-corrected chi connectivity index (χ4v) is 1.95. The van der Waals surface area contributed by atoms with Crippen LogP contribution in [0.1, 0.15) is 5.56 Å². The molecule has 0 aliphatic carbocycles. The van der Waals surface area contributed by atoms with Crippen LogP contribution in [0.4, 0.5) is 11.6 Å². The smallest absolute Gasteiger partial charge is 0.278 e. The zero-order chi connectivity index (χ0) is 13.6. The van der Waals surface area contributed by atoms with Gasteiger partial charge in [0.2, 0.25) is 5.95 Å². The Hall–Kier alpha value is -2.83. The van der Waals surface area contributed by atoms with Gasteiger partial charge in [-0.25, -0.2) is 4.98 Å². The van der Waals surface area contributed by atoms with Gasteiger partial charge in [0.25, 0.3) is 5.56 Å². The summed E-state index contributed by atoms with van der Waals surface area (Å²) in [4.78, 5) is 25.4. The van der Waals surface area contributed by atoms with Crippen LogP contribution < -0.4 is 17.0 Å². The van der Waals surface area contributed by atoms with Crippen LogP contribution in [0.25, 0.3) is 22.6 Å². The summed E-state index contributed by atoms with van der Waals surface area (Å²) in [5.41, 5.74) is 14.0. The van der Waals surface area contributed by atoms with Gasteiger partial charge in [0.05, 0.1) is 0 Å². The van der Waals surface area contributed by atoms with Gasteiger partial charge >= 0.3 is 0 Å². The highest BCUT2D eigenvalue weighted by atomic mass is 16.1. The highest BCUT2D eigenvalue weighted by Crippen LogP contribution is 2.24. The topological polar surface area (TPSA) is 126 Å². The zero-order valence-corrected chi connectivity index (χ0v) is 10.2. The minimum atomic E-state index is -0.345. The molecule has 0 atom stereocenters. The number of aromatic nitrogens is 4. The number of anilines is 2. The number of rotatable bonds is 1. The Morgan fingerprint density at radius 1 is 1.16 bits per heavy atom. The number of aryl methyl sites for hydroxylation is 1. The monoisotopic (exact) mass is 256 g/mol. The summed E-state index contributed by atoms with van der Waals surface area (Å²) in [7, 11) is 0. The van der Waals surface area contributed by atoms with E-state index in [0.29, 0.717) is 17.0 Å². The minimum absolute atomic E-state index is 0.0415. The van der Waals surface area contributed by atoms with Crippen molar-refractivity contribution in [3.63, 3.8) is 0 Å². The molecule has 2 heterocycles. The van der Waals surface area contributed by atoms with Crippen LogP contribution in [0.3, 0.4) is 0 Å². The lowest BCUT2D eigenvalue weighted by Crippen LogP contribution is -2.10. The van der Waals surface area contributed by atoms with E-state index in [2.05, 4.69) is 19.9 Å². The van der Waals surface area contributed by atoms with E-state index in [9.17, 15) is 4.79 Å². The van der Waals surface area contributed by atoms with Crippen LogP contribution in [0, 0.1) is 6.92 Å². The molecule has 0 aliphatic rings. The molecule has 0 aliphatic heterocycles. The summed E-state index contributed by atoms with van der Waals surface area (Å²) in [5.74, 6) is 0.586. The van der Waals surface area contributed by atoms with Crippen molar-refractivity contribution in [3.8, 4) is 11.4 Å². The Morgan fingerprint density at radius 3 is 2.74 bits per heavy atom. The second-order valence-corrected chi connectivity index (χ2v) is 4.31. The van der Waals surface area contributed by atoms with Crippen molar-refractivity contribution >= 4 is 22.8 Å². The number of hydrogen-bond donors (Lipinski definition) is 4. The molecule has 6 N–H and O–H groups in total. The third-order valence-electron chi connectivity index (χ3n) is 2.90. The lowest BCUT2D eigenvalue weighted by Gasteiger charge is -2.03. The van der Waals surface area contributed by atoms with E-state index < -0.39 is 0 Å². The number of fused-ring (bicyclic) bond motifs is 1. The molecule has 3 rings (SSSR count). The van der Waals surface area contributed by atoms with E-state index in [1.54, 1.807) is 6.07 Å². The number of H-pyrrole nitrogens is 2. The summed E-state index contributed by atoms with van der Waals surface area (Å²) >= 11 is 0. The number of nitrogens with zero attached hydrogens (tertiary/aromatic N) is 2. The second kappa shape index (κ2) is 3.84. The number of imidazole rings is 1. The average Bonchev–Trinajstić information content (AvgIpc) is 2.76. The number of aromatic amines is 2. The van der Waals surface area contributed by atoms with Gasteiger partial charge in [-0.1, -0.05) is 6.07 Å². The normalized spacial score (nSPS) is 11.0. The molecule has 0 saturated carbocycles. The quantitative estimate of drug-likeness (QED) is 0.479. The lowest BCUT2D eigenvalue weighted by atomic mass is 10.1. The van der Waals surface area contributed by atoms with Crippen LogP contribution in [0.15, 0.2) is 23.0 Å².